The standard InChI is InChI=1S/C11H23FN2/c1-2-6-13-9-11-4-3-7-14(10-11)8-5-12/h11,13H,2-10H2,1H3. The summed E-state index contributed by atoms with van der Waals surface area (Å²) in [6, 6.07) is 0. The molecule has 0 aliphatic carbocycles. The highest BCUT2D eigenvalue weighted by molar-refractivity contribution is 4.74. The van der Waals surface area contributed by atoms with E-state index in [0.717, 1.165) is 32.1 Å². The van der Waals surface area contributed by atoms with Crippen LogP contribution in [0.5, 0.6) is 0 Å². The van der Waals surface area contributed by atoms with Crippen LogP contribution < -0.4 is 5.32 Å². The third kappa shape index (κ3) is 4.38. The number of hydrogen-bond acceptors (Lipinski definition) is 2. The van der Waals surface area contributed by atoms with Crippen molar-refractivity contribution >= 4 is 0 Å². The van der Waals surface area contributed by atoms with Crippen LogP contribution in [-0.4, -0.2) is 44.3 Å². The molecule has 1 N–H and O–H groups in total. The highest BCUT2D eigenvalue weighted by Gasteiger charge is 2.18. The zero-order chi connectivity index (χ0) is 10.2. The molecule has 1 unspecified atom stereocenters. The molecule has 0 bridgehead atoms. The molecule has 1 fully saturated rings. The van der Waals surface area contributed by atoms with E-state index < -0.39 is 0 Å². The average molecular weight is 202 g/mol. The van der Waals surface area contributed by atoms with Crippen LogP contribution in [0.2, 0.25) is 0 Å². The molecular formula is C11H23FN2. The smallest absolute Gasteiger partial charge is 0.102 e. The molecule has 0 aromatic rings. The molecule has 2 nitrogen and oxygen atoms in total. The molecule has 1 aliphatic rings. The Kier molecular flexibility index (Phi) is 6.12. The van der Waals surface area contributed by atoms with Gasteiger partial charge >= 0.3 is 0 Å². The first-order valence-electron chi connectivity index (χ1n) is 5.85. The lowest BCUT2D eigenvalue weighted by Gasteiger charge is -2.32. The summed E-state index contributed by atoms with van der Waals surface area (Å²) in [5, 5.41) is 3.45. The summed E-state index contributed by atoms with van der Waals surface area (Å²) in [6.07, 6.45) is 3.74. The fourth-order valence-corrected chi connectivity index (χ4v) is 2.12. The SMILES string of the molecule is CCCNCC1CCCN(CCF)C1. The van der Waals surface area contributed by atoms with Crippen LogP contribution in [0.15, 0.2) is 0 Å². The Morgan fingerprint density at radius 1 is 1.50 bits per heavy atom. The third-order valence-corrected chi connectivity index (χ3v) is 2.86. The van der Waals surface area contributed by atoms with Crippen LogP contribution in [0.25, 0.3) is 0 Å². The fourth-order valence-electron chi connectivity index (χ4n) is 2.12. The van der Waals surface area contributed by atoms with Gasteiger partial charge in [0.1, 0.15) is 6.67 Å². The zero-order valence-corrected chi connectivity index (χ0v) is 9.27. The van der Waals surface area contributed by atoms with E-state index in [4.69, 9.17) is 0 Å². The van der Waals surface area contributed by atoms with Gasteiger partial charge in [-0.2, -0.15) is 0 Å². The van der Waals surface area contributed by atoms with E-state index in [2.05, 4.69) is 17.1 Å². The van der Waals surface area contributed by atoms with Crippen LogP contribution in [-0.2, 0) is 0 Å². The summed E-state index contributed by atoms with van der Waals surface area (Å²) < 4.78 is 12.2. The van der Waals surface area contributed by atoms with Crippen molar-refractivity contribution in [3.8, 4) is 0 Å². The van der Waals surface area contributed by atoms with E-state index in [-0.39, 0.29) is 6.67 Å². The van der Waals surface area contributed by atoms with Gasteiger partial charge in [0.25, 0.3) is 0 Å². The van der Waals surface area contributed by atoms with Gasteiger partial charge in [-0.05, 0) is 44.8 Å². The van der Waals surface area contributed by atoms with E-state index in [1.807, 2.05) is 0 Å². The van der Waals surface area contributed by atoms with E-state index in [9.17, 15) is 4.39 Å². The minimum Gasteiger partial charge on any atom is -0.316 e. The number of likely N-dealkylation sites (tertiary alicyclic amines) is 1. The first-order valence-corrected chi connectivity index (χ1v) is 5.85. The lowest BCUT2D eigenvalue weighted by molar-refractivity contribution is 0.162. The number of piperidine rings is 1. The second kappa shape index (κ2) is 7.18. The molecule has 1 heterocycles. The molecule has 1 aliphatic heterocycles. The molecule has 14 heavy (non-hydrogen) atoms. The normalized spacial score (nSPS) is 24.0. The Hall–Kier alpha value is -0.150. The van der Waals surface area contributed by atoms with Crippen molar-refractivity contribution in [2.45, 2.75) is 26.2 Å². The molecular weight excluding hydrogens is 179 g/mol. The number of nitrogens with one attached hydrogen (secondary N) is 1. The Morgan fingerprint density at radius 3 is 3.07 bits per heavy atom. The number of nitrogens with zero attached hydrogens (tertiary/aromatic N) is 1. The third-order valence-electron chi connectivity index (χ3n) is 2.86. The minimum absolute atomic E-state index is 0.199. The first kappa shape index (κ1) is 11.9. The van der Waals surface area contributed by atoms with Gasteiger partial charge in [0.2, 0.25) is 0 Å². The quantitative estimate of drug-likeness (QED) is 0.659. The molecule has 3 heteroatoms. The predicted molar refractivity (Wildman–Crippen MR) is 58.3 cm³/mol. The topological polar surface area (TPSA) is 15.3 Å². The summed E-state index contributed by atoms with van der Waals surface area (Å²) >= 11 is 0. The van der Waals surface area contributed by atoms with Gasteiger partial charge in [0.05, 0.1) is 0 Å². The monoisotopic (exact) mass is 202 g/mol. The average Bonchev–Trinajstić information content (AvgIpc) is 2.19. The summed E-state index contributed by atoms with van der Waals surface area (Å²) in [5.74, 6) is 0.738. The van der Waals surface area contributed by atoms with Crippen molar-refractivity contribution in [1.29, 1.82) is 0 Å². The van der Waals surface area contributed by atoms with Gasteiger partial charge in [-0.25, -0.2) is 4.39 Å². The Labute approximate surface area is 86.9 Å². The van der Waals surface area contributed by atoms with Crippen LogP contribution in [0.3, 0.4) is 0 Å². The van der Waals surface area contributed by atoms with Crippen molar-refractivity contribution in [3.05, 3.63) is 0 Å². The summed E-state index contributed by atoms with van der Waals surface area (Å²) in [4.78, 5) is 2.25. The lowest BCUT2D eigenvalue weighted by Crippen LogP contribution is -2.40. The molecule has 1 saturated heterocycles. The first-order chi connectivity index (χ1) is 6.86. The van der Waals surface area contributed by atoms with E-state index in [1.165, 1.54) is 19.3 Å². The van der Waals surface area contributed by atoms with Crippen LogP contribution >= 0.6 is 0 Å². The highest BCUT2D eigenvalue weighted by Crippen LogP contribution is 2.15. The number of alkyl halides is 1. The molecule has 1 rings (SSSR count). The van der Waals surface area contributed by atoms with Crippen LogP contribution in [0.1, 0.15) is 26.2 Å². The van der Waals surface area contributed by atoms with Gasteiger partial charge in [-0.1, -0.05) is 6.92 Å². The van der Waals surface area contributed by atoms with Gasteiger partial charge in [-0.15, -0.1) is 0 Å². The Morgan fingerprint density at radius 2 is 2.36 bits per heavy atom. The van der Waals surface area contributed by atoms with Crippen LogP contribution in [0.4, 0.5) is 4.39 Å². The second-order valence-corrected chi connectivity index (χ2v) is 4.20. The number of rotatable bonds is 6. The largest absolute Gasteiger partial charge is 0.316 e. The van der Waals surface area contributed by atoms with E-state index in [0.29, 0.717) is 6.54 Å². The maximum Gasteiger partial charge on any atom is 0.102 e. The molecule has 0 radical (unpaired) electrons. The molecule has 0 aromatic heterocycles. The maximum atomic E-state index is 12.2. The molecule has 0 saturated carbocycles. The van der Waals surface area contributed by atoms with Gasteiger partial charge in [-0.3, -0.25) is 0 Å². The van der Waals surface area contributed by atoms with E-state index in [1.54, 1.807) is 0 Å². The lowest BCUT2D eigenvalue weighted by atomic mass is 9.98. The van der Waals surface area contributed by atoms with Gasteiger partial charge in [0, 0.05) is 13.1 Å². The highest BCUT2D eigenvalue weighted by atomic mass is 19.1. The summed E-state index contributed by atoms with van der Waals surface area (Å²) in [7, 11) is 0. The number of halogens is 1. The predicted octanol–water partition coefficient (Wildman–Crippen LogP) is 1.67. The second-order valence-electron chi connectivity index (χ2n) is 4.20. The maximum absolute atomic E-state index is 12.2. The van der Waals surface area contributed by atoms with Crippen molar-refractivity contribution < 1.29 is 4.39 Å². The van der Waals surface area contributed by atoms with Crippen molar-refractivity contribution in [3.63, 3.8) is 0 Å². The molecule has 0 amide bonds. The molecule has 0 spiro atoms. The molecule has 1 atom stereocenters. The fraction of sp³-hybridized carbons (Fsp3) is 1.00. The van der Waals surface area contributed by atoms with Gasteiger partial charge in [0.15, 0.2) is 0 Å². The van der Waals surface area contributed by atoms with Crippen molar-refractivity contribution in [1.82, 2.24) is 10.2 Å². The molecule has 84 valence electrons. The van der Waals surface area contributed by atoms with Crippen molar-refractivity contribution in [2.24, 2.45) is 5.92 Å². The van der Waals surface area contributed by atoms with Crippen LogP contribution in [0, 0.1) is 5.92 Å². The summed E-state index contributed by atoms with van der Waals surface area (Å²) in [6.45, 7) is 7.01. The van der Waals surface area contributed by atoms with Gasteiger partial charge < -0.3 is 10.2 Å². The Bertz CT molecular complexity index is 139. The molecule has 0 aromatic carbocycles. The van der Waals surface area contributed by atoms with Crippen molar-refractivity contribution in [2.75, 3.05) is 39.4 Å². The summed E-state index contributed by atoms with van der Waals surface area (Å²) in [5.41, 5.74) is 0. The number of hydrogen-bond donors (Lipinski definition) is 1. The Balaban J connectivity index is 2.12. The minimum atomic E-state index is -0.199. The zero-order valence-electron chi connectivity index (χ0n) is 9.27. The van der Waals surface area contributed by atoms with E-state index >= 15 is 0 Å².